The van der Waals surface area contributed by atoms with Gasteiger partial charge < -0.3 is 9.73 Å². The van der Waals surface area contributed by atoms with Crippen molar-refractivity contribution in [2.24, 2.45) is 5.92 Å². The first-order valence-corrected chi connectivity index (χ1v) is 10.5. The number of piperidine rings is 1. The number of rotatable bonds is 6. The van der Waals surface area contributed by atoms with Gasteiger partial charge in [-0.25, -0.2) is 13.8 Å². The van der Waals surface area contributed by atoms with E-state index in [4.69, 9.17) is 4.42 Å². The van der Waals surface area contributed by atoms with Crippen LogP contribution >= 0.6 is 0 Å². The molecule has 0 saturated carbocycles. The first-order valence-electron chi connectivity index (χ1n) is 10.5. The second-order valence-corrected chi connectivity index (χ2v) is 7.92. The summed E-state index contributed by atoms with van der Waals surface area (Å²) in [6.07, 6.45) is 1.73. The lowest BCUT2D eigenvalue weighted by molar-refractivity contribution is -0.127. The molecule has 2 heterocycles. The second-order valence-electron chi connectivity index (χ2n) is 7.92. The number of nitrogens with zero attached hydrogens (tertiary/aromatic N) is 2. The molecule has 7 heteroatoms. The van der Waals surface area contributed by atoms with Crippen LogP contribution in [0.25, 0.3) is 11.5 Å². The van der Waals surface area contributed by atoms with Gasteiger partial charge in [0, 0.05) is 19.6 Å². The molecule has 31 heavy (non-hydrogen) atoms. The molecule has 1 unspecified atom stereocenters. The Bertz CT molecular complexity index is 1050. The average Bonchev–Trinajstić information content (AvgIpc) is 3.13. The van der Waals surface area contributed by atoms with Crippen molar-refractivity contribution in [3.63, 3.8) is 0 Å². The molecule has 1 aliphatic heterocycles. The number of oxazole rings is 1. The largest absolute Gasteiger partial charge is 0.441 e. The first kappa shape index (κ1) is 21.2. The highest BCUT2D eigenvalue weighted by atomic mass is 19.1. The van der Waals surface area contributed by atoms with Gasteiger partial charge in [-0.2, -0.15) is 0 Å². The van der Waals surface area contributed by atoms with E-state index < -0.39 is 0 Å². The standard InChI is InChI=1S/C24H25F2N3O2/c1-16-22(28-24(31-16)20-6-2-3-7-21(20)26)15-29-12-4-5-18(14-29)23(30)27-13-17-8-10-19(25)11-9-17/h2-3,6-11,18H,4-5,12-15H2,1H3,(H,27,30). The van der Waals surface area contributed by atoms with E-state index in [1.54, 1.807) is 30.3 Å². The molecule has 0 bridgehead atoms. The molecule has 1 aliphatic rings. The minimum Gasteiger partial charge on any atom is -0.441 e. The van der Waals surface area contributed by atoms with Crippen LogP contribution in [0.1, 0.15) is 29.9 Å². The summed E-state index contributed by atoms with van der Waals surface area (Å²) < 4.78 is 32.8. The Morgan fingerprint density at radius 3 is 2.74 bits per heavy atom. The molecule has 1 aromatic heterocycles. The molecule has 1 atom stereocenters. The zero-order valence-corrected chi connectivity index (χ0v) is 17.4. The lowest BCUT2D eigenvalue weighted by Gasteiger charge is -2.31. The van der Waals surface area contributed by atoms with Gasteiger partial charge in [-0.3, -0.25) is 9.69 Å². The van der Waals surface area contributed by atoms with Gasteiger partial charge in [0.25, 0.3) is 0 Å². The van der Waals surface area contributed by atoms with Gasteiger partial charge in [0.1, 0.15) is 17.4 Å². The number of hydrogen-bond acceptors (Lipinski definition) is 4. The van der Waals surface area contributed by atoms with E-state index >= 15 is 0 Å². The van der Waals surface area contributed by atoms with E-state index in [-0.39, 0.29) is 29.4 Å². The highest BCUT2D eigenvalue weighted by Gasteiger charge is 2.27. The van der Waals surface area contributed by atoms with Crippen molar-refractivity contribution in [1.29, 1.82) is 0 Å². The van der Waals surface area contributed by atoms with Crippen molar-refractivity contribution in [2.75, 3.05) is 13.1 Å². The maximum atomic E-state index is 14.1. The number of carbonyl (C=O) groups is 1. The Morgan fingerprint density at radius 2 is 1.97 bits per heavy atom. The zero-order valence-electron chi connectivity index (χ0n) is 17.4. The maximum absolute atomic E-state index is 14.1. The molecule has 1 N–H and O–H groups in total. The first-order chi connectivity index (χ1) is 15.0. The summed E-state index contributed by atoms with van der Waals surface area (Å²) in [7, 11) is 0. The highest BCUT2D eigenvalue weighted by molar-refractivity contribution is 5.79. The second kappa shape index (κ2) is 9.39. The highest BCUT2D eigenvalue weighted by Crippen LogP contribution is 2.26. The predicted molar refractivity (Wildman–Crippen MR) is 113 cm³/mol. The van der Waals surface area contributed by atoms with Gasteiger partial charge in [0.15, 0.2) is 0 Å². The van der Waals surface area contributed by atoms with E-state index in [1.807, 2.05) is 6.92 Å². The number of nitrogens with one attached hydrogen (secondary N) is 1. The van der Waals surface area contributed by atoms with Crippen LogP contribution in [0, 0.1) is 24.5 Å². The molecule has 0 spiro atoms. The van der Waals surface area contributed by atoms with Gasteiger partial charge >= 0.3 is 0 Å². The summed E-state index contributed by atoms with van der Waals surface area (Å²) in [5.74, 6) is 0.146. The Kier molecular flexibility index (Phi) is 6.42. The topological polar surface area (TPSA) is 58.4 Å². The monoisotopic (exact) mass is 425 g/mol. The van der Waals surface area contributed by atoms with Crippen LogP contribution in [0.4, 0.5) is 8.78 Å². The number of amides is 1. The van der Waals surface area contributed by atoms with Crippen LogP contribution in [0.5, 0.6) is 0 Å². The number of likely N-dealkylation sites (tertiary alicyclic amines) is 1. The Morgan fingerprint density at radius 1 is 1.19 bits per heavy atom. The smallest absolute Gasteiger partial charge is 0.229 e. The molecule has 0 aliphatic carbocycles. The third-order valence-corrected chi connectivity index (χ3v) is 5.63. The van der Waals surface area contributed by atoms with Crippen molar-refractivity contribution in [1.82, 2.24) is 15.2 Å². The van der Waals surface area contributed by atoms with E-state index in [0.717, 1.165) is 30.6 Å². The van der Waals surface area contributed by atoms with E-state index in [2.05, 4.69) is 15.2 Å². The van der Waals surface area contributed by atoms with E-state index in [1.165, 1.54) is 18.2 Å². The molecule has 5 nitrogen and oxygen atoms in total. The van der Waals surface area contributed by atoms with Crippen molar-refractivity contribution in [2.45, 2.75) is 32.9 Å². The summed E-state index contributed by atoms with van der Waals surface area (Å²) in [5.41, 5.74) is 1.96. The Hall–Kier alpha value is -3.06. The number of hydrogen-bond donors (Lipinski definition) is 1. The number of halogens is 2. The fourth-order valence-corrected chi connectivity index (χ4v) is 3.89. The van der Waals surface area contributed by atoms with Crippen LogP contribution in [0.15, 0.2) is 52.9 Å². The van der Waals surface area contributed by atoms with Crippen molar-refractivity contribution in [3.05, 3.63) is 77.2 Å². The normalized spacial score (nSPS) is 16.9. The molecular formula is C24H25F2N3O2. The lowest BCUT2D eigenvalue weighted by atomic mass is 9.97. The van der Waals surface area contributed by atoms with Gasteiger partial charge in [-0.05, 0) is 56.1 Å². The Balaban J connectivity index is 1.36. The van der Waals surface area contributed by atoms with Crippen LogP contribution in [-0.4, -0.2) is 28.9 Å². The predicted octanol–water partition coefficient (Wildman–Crippen LogP) is 4.46. The van der Waals surface area contributed by atoms with Gasteiger partial charge in [0.2, 0.25) is 11.8 Å². The van der Waals surface area contributed by atoms with Gasteiger partial charge in [-0.15, -0.1) is 0 Å². The fourth-order valence-electron chi connectivity index (χ4n) is 3.89. The molecule has 1 fully saturated rings. The quantitative estimate of drug-likeness (QED) is 0.634. The Labute approximate surface area is 180 Å². The third-order valence-electron chi connectivity index (χ3n) is 5.63. The van der Waals surface area contributed by atoms with Crippen molar-refractivity contribution in [3.8, 4) is 11.5 Å². The van der Waals surface area contributed by atoms with E-state index in [0.29, 0.717) is 31.0 Å². The average molecular weight is 425 g/mol. The summed E-state index contributed by atoms with van der Waals surface area (Å²) in [6.45, 7) is 4.23. The number of aryl methyl sites for hydroxylation is 1. The van der Waals surface area contributed by atoms with Gasteiger partial charge in [0.05, 0.1) is 17.2 Å². The summed E-state index contributed by atoms with van der Waals surface area (Å²) >= 11 is 0. The van der Waals surface area contributed by atoms with Crippen molar-refractivity contribution < 1.29 is 18.0 Å². The number of benzene rings is 2. The fraction of sp³-hybridized carbons (Fsp3) is 0.333. The third kappa shape index (κ3) is 5.17. The molecule has 1 saturated heterocycles. The molecule has 2 aromatic carbocycles. The summed E-state index contributed by atoms with van der Waals surface area (Å²) in [4.78, 5) is 19.3. The van der Waals surface area contributed by atoms with Crippen LogP contribution in [0.3, 0.4) is 0 Å². The molecule has 3 aromatic rings. The summed E-state index contributed by atoms with van der Waals surface area (Å²) in [5, 5.41) is 2.95. The lowest BCUT2D eigenvalue weighted by Crippen LogP contribution is -2.42. The zero-order chi connectivity index (χ0) is 21.8. The van der Waals surface area contributed by atoms with Crippen LogP contribution in [0.2, 0.25) is 0 Å². The minimum absolute atomic E-state index is 0.00190. The van der Waals surface area contributed by atoms with Crippen LogP contribution < -0.4 is 5.32 Å². The molecule has 0 radical (unpaired) electrons. The van der Waals surface area contributed by atoms with E-state index in [9.17, 15) is 13.6 Å². The SMILES string of the molecule is Cc1oc(-c2ccccc2F)nc1CN1CCCC(C(=O)NCc2ccc(F)cc2)C1. The maximum Gasteiger partial charge on any atom is 0.229 e. The molecular weight excluding hydrogens is 400 g/mol. The minimum atomic E-state index is -0.369. The molecule has 162 valence electrons. The summed E-state index contributed by atoms with van der Waals surface area (Å²) in [6, 6.07) is 12.5. The van der Waals surface area contributed by atoms with Crippen LogP contribution in [-0.2, 0) is 17.9 Å². The van der Waals surface area contributed by atoms with Crippen molar-refractivity contribution >= 4 is 5.91 Å². The number of aromatic nitrogens is 1. The molecule has 1 amide bonds. The number of carbonyl (C=O) groups excluding carboxylic acids is 1. The van der Waals surface area contributed by atoms with Gasteiger partial charge in [-0.1, -0.05) is 24.3 Å². The molecule has 4 rings (SSSR count).